The van der Waals surface area contributed by atoms with Gasteiger partial charge in [0.1, 0.15) is 0 Å². The van der Waals surface area contributed by atoms with Gasteiger partial charge in [-0.15, -0.1) is 0 Å². The number of benzene rings is 1. The van der Waals surface area contributed by atoms with Gasteiger partial charge in [0.15, 0.2) is 5.78 Å². The average molecular weight is 271 g/mol. The summed E-state index contributed by atoms with van der Waals surface area (Å²) in [5.74, 6) is -0.158. The molecule has 0 atom stereocenters. The number of ketones is 1. The number of hydrogen-bond donors (Lipinski definition) is 0. The summed E-state index contributed by atoms with van der Waals surface area (Å²) in [7, 11) is 2.82. The van der Waals surface area contributed by atoms with E-state index in [1.54, 1.807) is 36.4 Å². The summed E-state index contributed by atoms with van der Waals surface area (Å²) in [6.07, 6.45) is 1.45. The summed E-state index contributed by atoms with van der Waals surface area (Å²) in [5.41, 5.74) is 1.33. The molecule has 0 radical (unpaired) electrons. The van der Waals surface area contributed by atoms with Gasteiger partial charge in [0.25, 0.3) is 0 Å². The Morgan fingerprint density at radius 2 is 1.50 bits per heavy atom. The number of carbonyl (C=O) groups is 2. The highest BCUT2D eigenvalue weighted by molar-refractivity contribution is 6.09. The van der Waals surface area contributed by atoms with E-state index in [0.29, 0.717) is 22.6 Å². The zero-order chi connectivity index (χ0) is 14.5. The molecule has 0 unspecified atom stereocenters. The molecule has 102 valence electrons. The molecule has 5 nitrogen and oxygen atoms in total. The molecule has 20 heavy (non-hydrogen) atoms. The Morgan fingerprint density at radius 3 is 2.00 bits per heavy atom. The third kappa shape index (κ3) is 2.83. The first-order valence-electron chi connectivity index (χ1n) is 5.89. The van der Waals surface area contributed by atoms with E-state index in [1.165, 1.54) is 20.4 Å². The standard InChI is InChI=1S/C15H13NO4/c1-19-13-8-7-12(9-16-13)14(17)10-3-5-11(6-4-10)15(18)20-2/h3-9H,1-2H3. The van der Waals surface area contributed by atoms with E-state index < -0.39 is 5.97 Å². The number of nitrogens with zero attached hydrogens (tertiary/aromatic N) is 1. The minimum Gasteiger partial charge on any atom is -0.481 e. The number of ether oxygens (including phenoxy) is 2. The van der Waals surface area contributed by atoms with Gasteiger partial charge >= 0.3 is 5.97 Å². The summed E-state index contributed by atoms with van der Waals surface area (Å²) in [4.78, 5) is 27.5. The number of hydrogen-bond acceptors (Lipinski definition) is 5. The second kappa shape index (κ2) is 5.97. The quantitative estimate of drug-likeness (QED) is 0.629. The van der Waals surface area contributed by atoms with Gasteiger partial charge in [0.2, 0.25) is 5.88 Å². The smallest absolute Gasteiger partial charge is 0.337 e. The highest BCUT2D eigenvalue weighted by Gasteiger charge is 2.11. The van der Waals surface area contributed by atoms with Crippen LogP contribution in [-0.2, 0) is 4.74 Å². The van der Waals surface area contributed by atoms with Gasteiger partial charge in [-0.25, -0.2) is 9.78 Å². The van der Waals surface area contributed by atoms with Crippen LogP contribution in [0.4, 0.5) is 0 Å². The molecule has 2 aromatic rings. The van der Waals surface area contributed by atoms with Crippen LogP contribution in [0.3, 0.4) is 0 Å². The molecule has 0 aliphatic heterocycles. The molecule has 0 saturated heterocycles. The van der Waals surface area contributed by atoms with E-state index in [0.717, 1.165) is 0 Å². The number of esters is 1. The lowest BCUT2D eigenvalue weighted by molar-refractivity contribution is 0.0600. The second-order valence-corrected chi connectivity index (χ2v) is 3.99. The first kappa shape index (κ1) is 13.7. The largest absolute Gasteiger partial charge is 0.481 e. The Hall–Kier alpha value is -2.69. The topological polar surface area (TPSA) is 65.5 Å². The fourth-order valence-corrected chi connectivity index (χ4v) is 1.68. The second-order valence-electron chi connectivity index (χ2n) is 3.99. The number of pyridine rings is 1. The van der Waals surface area contributed by atoms with Crippen molar-refractivity contribution in [2.45, 2.75) is 0 Å². The maximum Gasteiger partial charge on any atom is 0.337 e. The molecule has 0 bridgehead atoms. The lowest BCUT2D eigenvalue weighted by Crippen LogP contribution is -2.05. The van der Waals surface area contributed by atoms with Crippen LogP contribution in [0.1, 0.15) is 26.3 Å². The highest BCUT2D eigenvalue weighted by Crippen LogP contribution is 2.13. The summed E-state index contributed by atoms with van der Waals surface area (Å²) >= 11 is 0. The Morgan fingerprint density at radius 1 is 0.900 bits per heavy atom. The Bertz CT molecular complexity index is 617. The fourth-order valence-electron chi connectivity index (χ4n) is 1.68. The number of methoxy groups -OCH3 is 2. The molecule has 1 heterocycles. The van der Waals surface area contributed by atoms with Gasteiger partial charge in [-0.05, 0) is 18.2 Å². The number of rotatable bonds is 4. The Labute approximate surface area is 116 Å². The van der Waals surface area contributed by atoms with Crippen LogP contribution in [0.25, 0.3) is 0 Å². The SMILES string of the molecule is COC(=O)c1ccc(C(=O)c2ccc(OC)nc2)cc1. The zero-order valence-electron chi connectivity index (χ0n) is 11.1. The van der Waals surface area contributed by atoms with E-state index in [2.05, 4.69) is 9.72 Å². The van der Waals surface area contributed by atoms with Crippen LogP contribution in [-0.4, -0.2) is 31.0 Å². The molecular formula is C15H13NO4. The van der Waals surface area contributed by atoms with Crippen molar-refractivity contribution in [2.24, 2.45) is 0 Å². The molecule has 0 fully saturated rings. The molecule has 0 aliphatic rings. The fraction of sp³-hybridized carbons (Fsp3) is 0.133. The maximum absolute atomic E-state index is 12.2. The normalized spacial score (nSPS) is 9.90. The van der Waals surface area contributed by atoms with Crippen LogP contribution in [0.2, 0.25) is 0 Å². The van der Waals surface area contributed by atoms with Crippen molar-refractivity contribution in [2.75, 3.05) is 14.2 Å². The molecule has 0 aliphatic carbocycles. The van der Waals surface area contributed by atoms with Crippen LogP contribution < -0.4 is 4.74 Å². The molecule has 1 aromatic carbocycles. The van der Waals surface area contributed by atoms with E-state index >= 15 is 0 Å². The van der Waals surface area contributed by atoms with Crippen molar-refractivity contribution in [1.82, 2.24) is 4.98 Å². The first-order chi connectivity index (χ1) is 9.65. The molecule has 1 aromatic heterocycles. The van der Waals surface area contributed by atoms with Crippen molar-refractivity contribution < 1.29 is 19.1 Å². The van der Waals surface area contributed by atoms with Crippen molar-refractivity contribution >= 4 is 11.8 Å². The monoisotopic (exact) mass is 271 g/mol. The van der Waals surface area contributed by atoms with Gasteiger partial charge in [-0.3, -0.25) is 4.79 Å². The molecule has 5 heteroatoms. The molecule has 0 amide bonds. The van der Waals surface area contributed by atoms with Crippen LogP contribution in [0, 0.1) is 0 Å². The maximum atomic E-state index is 12.2. The first-order valence-corrected chi connectivity index (χ1v) is 5.89. The number of aromatic nitrogens is 1. The minimum absolute atomic E-state index is 0.170. The van der Waals surface area contributed by atoms with Gasteiger partial charge in [0, 0.05) is 23.4 Å². The van der Waals surface area contributed by atoms with Crippen LogP contribution in [0.5, 0.6) is 5.88 Å². The van der Waals surface area contributed by atoms with Crippen molar-refractivity contribution in [1.29, 1.82) is 0 Å². The molecule has 2 rings (SSSR count). The van der Waals surface area contributed by atoms with Crippen LogP contribution >= 0.6 is 0 Å². The highest BCUT2D eigenvalue weighted by atomic mass is 16.5. The predicted octanol–water partition coefficient (Wildman–Crippen LogP) is 2.11. The van der Waals surface area contributed by atoms with Crippen LogP contribution in [0.15, 0.2) is 42.6 Å². The van der Waals surface area contributed by atoms with Gasteiger partial charge < -0.3 is 9.47 Å². The number of carbonyl (C=O) groups excluding carboxylic acids is 2. The van der Waals surface area contributed by atoms with E-state index in [-0.39, 0.29) is 5.78 Å². The predicted molar refractivity (Wildman–Crippen MR) is 72.0 cm³/mol. The van der Waals surface area contributed by atoms with Gasteiger partial charge in [-0.2, -0.15) is 0 Å². The van der Waals surface area contributed by atoms with E-state index in [4.69, 9.17) is 4.74 Å². The van der Waals surface area contributed by atoms with Gasteiger partial charge in [-0.1, -0.05) is 12.1 Å². The lowest BCUT2D eigenvalue weighted by atomic mass is 10.0. The lowest BCUT2D eigenvalue weighted by Gasteiger charge is -2.03. The minimum atomic E-state index is -0.435. The summed E-state index contributed by atoms with van der Waals surface area (Å²) in [6.45, 7) is 0. The molecule has 0 N–H and O–H groups in total. The average Bonchev–Trinajstić information content (AvgIpc) is 2.53. The van der Waals surface area contributed by atoms with Crippen molar-refractivity contribution in [3.05, 3.63) is 59.3 Å². The molecule has 0 saturated carbocycles. The molecule has 0 spiro atoms. The summed E-state index contributed by atoms with van der Waals surface area (Å²) in [5, 5.41) is 0. The third-order valence-corrected chi connectivity index (χ3v) is 2.78. The third-order valence-electron chi connectivity index (χ3n) is 2.78. The van der Waals surface area contributed by atoms with E-state index in [1.807, 2.05) is 0 Å². The Balaban J connectivity index is 2.22. The zero-order valence-corrected chi connectivity index (χ0v) is 11.1. The Kier molecular flexibility index (Phi) is 4.10. The van der Waals surface area contributed by atoms with Crippen molar-refractivity contribution in [3.8, 4) is 5.88 Å². The summed E-state index contributed by atoms with van der Waals surface area (Å²) < 4.78 is 9.53. The summed E-state index contributed by atoms with van der Waals surface area (Å²) in [6, 6.07) is 9.53. The van der Waals surface area contributed by atoms with Gasteiger partial charge in [0.05, 0.1) is 19.8 Å². The van der Waals surface area contributed by atoms with E-state index in [9.17, 15) is 9.59 Å². The molecular weight excluding hydrogens is 258 g/mol. The van der Waals surface area contributed by atoms with Crippen molar-refractivity contribution in [3.63, 3.8) is 0 Å².